The van der Waals surface area contributed by atoms with E-state index in [1.165, 1.54) is 122 Å². The first kappa shape index (κ1) is 51.7. The van der Waals surface area contributed by atoms with Crippen LogP contribution in [0.3, 0.4) is 0 Å². The molecule has 8 nitrogen and oxygen atoms in total. The van der Waals surface area contributed by atoms with Crippen molar-refractivity contribution in [3.05, 3.63) is 36.5 Å². The van der Waals surface area contributed by atoms with Crippen molar-refractivity contribution in [3.63, 3.8) is 0 Å². The normalized spacial score (nSPS) is 14.2. The Balaban J connectivity index is 4.22. The van der Waals surface area contributed by atoms with Gasteiger partial charge in [0.05, 0.1) is 34.4 Å². The second kappa shape index (κ2) is 37.6. The number of esters is 1. The van der Waals surface area contributed by atoms with E-state index in [1.54, 1.807) is 0 Å². The highest BCUT2D eigenvalue weighted by molar-refractivity contribution is 7.47. The van der Waals surface area contributed by atoms with E-state index in [0.717, 1.165) is 38.5 Å². The number of rotatable bonds is 40. The fourth-order valence-electron chi connectivity index (χ4n) is 5.74. The van der Waals surface area contributed by atoms with Crippen molar-refractivity contribution in [2.75, 3.05) is 54.1 Å². The summed E-state index contributed by atoms with van der Waals surface area (Å²) in [4.78, 5) is 22.9. The van der Waals surface area contributed by atoms with Crippen molar-refractivity contribution in [3.8, 4) is 0 Å². The van der Waals surface area contributed by atoms with Gasteiger partial charge in [0.15, 0.2) is 0 Å². The van der Waals surface area contributed by atoms with Gasteiger partial charge >= 0.3 is 13.8 Å². The van der Waals surface area contributed by atoms with Crippen molar-refractivity contribution in [1.82, 2.24) is 0 Å². The summed E-state index contributed by atoms with van der Waals surface area (Å²) >= 11 is 0. The third-order valence-electron chi connectivity index (χ3n) is 9.17. The van der Waals surface area contributed by atoms with Crippen molar-refractivity contribution in [2.45, 2.75) is 187 Å². The van der Waals surface area contributed by atoms with Gasteiger partial charge < -0.3 is 18.9 Å². The number of hydrogen-bond acceptors (Lipinski definition) is 6. The van der Waals surface area contributed by atoms with E-state index in [0.29, 0.717) is 24.1 Å². The van der Waals surface area contributed by atoms with Crippen LogP contribution in [0.1, 0.15) is 181 Å². The second-order valence-electron chi connectivity index (χ2n) is 15.7. The zero-order valence-electron chi connectivity index (χ0n) is 35.3. The van der Waals surface area contributed by atoms with Crippen LogP contribution in [0.2, 0.25) is 0 Å². The van der Waals surface area contributed by atoms with Crippen molar-refractivity contribution >= 4 is 13.8 Å². The van der Waals surface area contributed by atoms with E-state index in [-0.39, 0.29) is 25.8 Å². The van der Waals surface area contributed by atoms with Crippen LogP contribution in [-0.2, 0) is 27.9 Å². The quantitative estimate of drug-likeness (QED) is 0.0218. The van der Waals surface area contributed by atoms with E-state index in [9.17, 15) is 14.3 Å². The van der Waals surface area contributed by atoms with Crippen LogP contribution >= 0.6 is 7.82 Å². The average Bonchev–Trinajstić information content (AvgIpc) is 3.11. The lowest BCUT2D eigenvalue weighted by Gasteiger charge is -2.24. The Bertz CT molecular complexity index is 947. The van der Waals surface area contributed by atoms with E-state index in [1.807, 2.05) is 21.1 Å². The first-order valence-electron chi connectivity index (χ1n) is 21.7. The van der Waals surface area contributed by atoms with Gasteiger partial charge in [0.1, 0.15) is 19.3 Å². The summed E-state index contributed by atoms with van der Waals surface area (Å²) in [7, 11) is 1.66. The smallest absolute Gasteiger partial charge is 0.457 e. The second-order valence-corrected chi connectivity index (χ2v) is 17.2. The molecular formula is C44H85NO7P+. The number of quaternary nitrogens is 1. The van der Waals surface area contributed by atoms with Crippen molar-refractivity contribution in [2.24, 2.45) is 0 Å². The molecular weight excluding hydrogens is 685 g/mol. The van der Waals surface area contributed by atoms with Gasteiger partial charge in [-0.3, -0.25) is 13.8 Å². The average molecular weight is 771 g/mol. The number of ether oxygens (including phenoxy) is 2. The predicted octanol–water partition coefficient (Wildman–Crippen LogP) is 12.6. The largest absolute Gasteiger partial charge is 0.472 e. The molecule has 0 aromatic carbocycles. The number of likely N-dealkylation sites (N-methyl/N-ethyl adjacent to an activating group) is 1. The highest BCUT2D eigenvalue weighted by atomic mass is 31.2. The number of phosphoric acid groups is 1. The molecule has 0 amide bonds. The Morgan fingerprint density at radius 3 is 1.60 bits per heavy atom. The maximum Gasteiger partial charge on any atom is 0.472 e. The molecule has 0 aromatic heterocycles. The summed E-state index contributed by atoms with van der Waals surface area (Å²) in [5.41, 5.74) is 0. The SMILES string of the molecule is CCCC/C=C\CCCCCCCCOCC(COP(=O)(O)OCC[N+](C)(C)C)OC(=O)CCCCCCCCCCC/C=C\C/C=C\CCCCC. The van der Waals surface area contributed by atoms with Gasteiger partial charge in [0.25, 0.3) is 0 Å². The Hall–Kier alpha value is -1.28. The summed E-state index contributed by atoms with van der Waals surface area (Å²) in [6.07, 6.45) is 43.1. The molecule has 312 valence electrons. The first-order valence-corrected chi connectivity index (χ1v) is 23.2. The standard InChI is InChI=1S/C44H84NO7P/c1-6-8-10-12-14-16-18-20-21-22-23-24-25-26-27-29-31-33-35-37-44(46)52-43(42-51-53(47,48)50-40-38-45(3,4)5)41-49-39-36-34-32-30-28-19-17-15-13-11-9-7-2/h13-16,20-21,43H,6-12,17-19,22-42H2,1-5H3/p+1/b15-13-,16-14-,21-20-. The van der Waals surface area contributed by atoms with Crippen molar-refractivity contribution in [1.29, 1.82) is 0 Å². The van der Waals surface area contributed by atoms with Gasteiger partial charge in [-0.25, -0.2) is 4.57 Å². The van der Waals surface area contributed by atoms with Gasteiger partial charge in [-0.1, -0.05) is 147 Å². The van der Waals surface area contributed by atoms with E-state index < -0.39 is 13.9 Å². The summed E-state index contributed by atoms with van der Waals surface area (Å²) in [5.74, 6) is -0.321. The third kappa shape index (κ3) is 41.7. The van der Waals surface area contributed by atoms with E-state index >= 15 is 0 Å². The van der Waals surface area contributed by atoms with Crippen LogP contribution in [0.15, 0.2) is 36.5 Å². The molecule has 0 aliphatic heterocycles. The Kier molecular flexibility index (Phi) is 36.7. The maximum atomic E-state index is 12.7. The topological polar surface area (TPSA) is 91.3 Å². The lowest BCUT2D eigenvalue weighted by atomic mass is 10.1. The third-order valence-corrected chi connectivity index (χ3v) is 10.2. The van der Waals surface area contributed by atoms with E-state index in [2.05, 4.69) is 50.3 Å². The van der Waals surface area contributed by atoms with Crippen LogP contribution in [-0.4, -0.2) is 75.6 Å². The lowest BCUT2D eigenvalue weighted by Crippen LogP contribution is -2.37. The highest BCUT2D eigenvalue weighted by Gasteiger charge is 2.26. The molecule has 0 bridgehead atoms. The zero-order valence-corrected chi connectivity index (χ0v) is 36.1. The maximum absolute atomic E-state index is 12.7. The van der Waals surface area contributed by atoms with E-state index in [4.69, 9.17) is 18.5 Å². The minimum absolute atomic E-state index is 0.0864. The zero-order chi connectivity index (χ0) is 39.1. The number of hydrogen-bond donors (Lipinski definition) is 1. The Labute approximate surface area is 327 Å². The molecule has 0 fully saturated rings. The van der Waals surface area contributed by atoms with Crippen LogP contribution < -0.4 is 0 Å². The molecule has 0 aliphatic carbocycles. The lowest BCUT2D eigenvalue weighted by molar-refractivity contribution is -0.870. The van der Waals surface area contributed by atoms with Crippen molar-refractivity contribution < 1.29 is 37.3 Å². The summed E-state index contributed by atoms with van der Waals surface area (Å²) in [6.45, 7) is 5.55. The van der Waals surface area contributed by atoms with Crippen LogP contribution in [0.4, 0.5) is 0 Å². The van der Waals surface area contributed by atoms with Crippen LogP contribution in [0.5, 0.6) is 0 Å². The molecule has 0 saturated heterocycles. The molecule has 2 atom stereocenters. The molecule has 9 heteroatoms. The molecule has 2 unspecified atom stereocenters. The fourth-order valence-corrected chi connectivity index (χ4v) is 6.48. The number of carbonyl (C=O) groups is 1. The molecule has 0 heterocycles. The molecule has 0 spiro atoms. The summed E-state index contributed by atoms with van der Waals surface area (Å²) < 4.78 is 34.9. The number of nitrogens with zero attached hydrogens (tertiary/aromatic N) is 1. The number of unbranched alkanes of at least 4 members (excludes halogenated alkanes) is 20. The monoisotopic (exact) mass is 771 g/mol. The molecule has 0 aromatic rings. The minimum atomic E-state index is -4.27. The van der Waals surface area contributed by atoms with Gasteiger partial charge in [-0.05, 0) is 64.2 Å². The molecule has 0 aliphatic rings. The number of allylic oxidation sites excluding steroid dienone is 6. The Morgan fingerprint density at radius 1 is 0.585 bits per heavy atom. The summed E-state index contributed by atoms with van der Waals surface area (Å²) in [6, 6.07) is 0. The van der Waals surface area contributed by atoms with Gasteiger partial charge in [0, 0.05) is 13.0 Å². The van der Waals surface area contributed by atoms with Gasteiger partial charge in [-0.15, -0.1) is 0 Å². The number of carbonyl (C=O) groups excluding carboxylic acids is 1. The highest BCUT2D eigenvalue weighted by Crippen LogP contribution is 2.43. The summed E-state index contributed by atoms with van der Waals surface area (Å²) in [5, 5.41) is 0. The van der Waals surface area contributed by atoms with Gasteiger partial charge in [0.2, 0.25) is 0 Å². The number of phosphoric ester groups is 1. The molecule has 0 rings (SSSR count). The first-order chi connectivity index (χ1) is 25.6. The van der Waals surface area contributed by atoms with Gasteiger partial charge in [-0.2, -0.15) is 0 Å². The molecule has 0 saturated carbocycles. The van der Waals surface area contributed by atoms with Crippen LogP contribution in [0.25, 0.3) is 0 Å². The molecule has 1 N–H and O–H groups in total. The predicted molar refractivity (Wildman–Crippen MR) is 224 cm³/mol. The fraction of sp³-hybridized carbons (Fsp3) is 0.841. The molecule has 0 radical (unpaired) electrons. The minimum Gasteiger partial charge on any atom is -0.457 e. The van der Waals surface area contributed by atoms with Crippen LogP contribution in [0, 0.1) is 0 Å². The Morgan fingerprint density at radius 2 is 1.06 bits per heavy atom. The molecule has 53 heavy (non-hydrogen) atoms.